The van der Waals surface area contributed by atoms with E-state index in [1.54, 1.807) is 7.11 Å². The maximum Gasteiger partial charge on any atom is 0.328 e. The summed E-state index contributed by atoms with van der Waals surface area (Å²) in [4.78, 5) is 13.3. The smallest absolute Gasteiger partial charge is 0.328 e. The molecule has 0 atom stereocenters. The van der Waals surface area contributed by atoms with Gasteiger partial charge in [0, 0.05) is 13.7 Å². The molecule has 0 fully saturated rings. The molecule has 1 rings (SSSR count). The second kappa shape index (κ2) is 6.75. The molecule has 2 amide bonds. The van der Waals surface area contributed by atoms with E-state index in [9.17, 15) is 4.79 Å². The Labute approximate surface area is 113 Å². The molecule has 0 spiro atoms. The van der Waals surface area contributed by atoms with Gasteiger partial charge in [-0.15, -0.1) is 0 Å². The van der Waals surface area contributed by atoms with Crippen LogP contribution < -0.4 is 16.0 Å². The maximum absolute atomic E-state index is 12.1. The Bertz CT molecular complexity index is 453. The number of anilines is 1. The van der Waals surface area contributed by atoms with Gasteiger partial charge in [0.2, 0.25) is 5.96 Å². The van der Waals surface area contributed by atoms with Gasteiger partial charge in [-0.25, -0.2) is 9.69 Å². The lowest BCUT2D eigenvalue weighted by Crippen LogP contribution is -2.48. The van der Waals surface area contributed by atoms with Gasteiger partial charge in [0.15, 0.2) is 0 Å². The van der Waals surface area contributed by atoms with Gasteiger partial charge in [-0.2, -0.15) is 0 Å². The Morgan fingerprint density at radius 2 is 2.00 bits per heavy atom. The number of aryl methyl sites for hydroxylation is 2. The maximum atomic E-state index is 12.1. The van der Waals surface area contributed by atoms with Crippen LogP contribution >= 0.6 is 0 Å². The molecule has 6 nitrogen and oxygen atoms in total. The van der Waals surface area contributed by atoms with E-state index in [0.29, 0.717) is 18.8 Å². The van der Waals surface area contributed by atoms with Gasteiger partial charge >= 0.3 is 6.03 Å². The first kappa shape index (κ1) is 15.0. The lowest BCUT2D eigenvalue weighted by Gasteiger charge is -2.24. The summed E-state index contributed by atoms with van der Waals surface area (Å²) >= 11 is 0. The van der Waals surface area contributed by atoms with Crippen LogP contribution in [0, 0.1) is 19.3 Å². The number of nitrogens with zero attached hydrogens (tertiary/aromatic N) is 1. The molecule has 0 heterocycles. The first-order chi connectivity index (χ1) is 8.99. The molecule has 0 aliphatic rings. The molecule has 0 bridgehead atoms. The molecule has 0 aliphatic carbocycles. The quantitative estimate of drug-likeness (QED) is 0.435. The summed E-state index contributed by atoms with van der Waals surface area (Å²) in [5.74, 6) is -0.313. The fraction of sp³-hybridized carbons (Fsp3) is 0.385. The number of nitrogens with two attached hydrogens (primary N) is 1. The van der Waals surface area contributed by atoms with Crippen molar-refractivity contribution in [1.29, 1.82) is 5.41 Å². The SMILES string of the molecule is COCCNC(=O)N(C(=N)N)c1c(C)cccc1C. The van der Waals surface area contributed by atoms with Crippen LogP contribution in [0.1, 0.15) is 11.1 Å². The van der Waals surface area contributed by atoms with Crippen molar-refractivity contribution in [3.8, 4) is 0 Å². The van der Waals surface area contributed by atoms with Gasteiger partial charge in [0.1, 0.15) is 0 Å². The second-order valence-electron chi connectivity index (χ2n) is 4.19. The van der Waals surface area contributed by atoms with Crippen LogP contribution in [-0.2, 0) is 4.74 Å². The average molecular weight is 264 g/mol. The predicted molar refractivity (Wildman–Crippen MR) is 75.6 cm³/mol. The normalized spacial score (nSPS) is 10.1. The van der Waals surface area contributed by atoms with Gasteiger partial charge in [-0.3, -0.25) is 5.41 Å². The molecule has 0 aliphatic heterocycles. The summed E-state index contributed by atoms with van der Waals surface area (Å²) in [7, 11) is 1.56. The van der Waals surface area contributed by atoms with E-state index in [1.165, 1.54) is 4.90 Å². The fourth-order valence-corrected chi connectivity index (χ4v) is 1.83. The molecule has 1 aromatic rings. The Hall–Kier alpha value is -2.08. The summed E-state index contributed by atoms with van der Waals surface area (Å²) in [6.45, 7) is 4.52. The highest BCUT2D eigenvalue weighted by Gasteiger charge is 2.21. The molecule has 0 radical (unpaired) electrons. The van der Waals surface area contributed by atoms with E-state index in [2.05, 4.69) is 5.32 Å². The minimum Gasteiger partial charge on any atom is -0.383 e. The molecule has 104 valence electrons. The standard InChI is InChI=1S/C13H20N4O2/c1-9-5-4-6-10(2)11(9)17(12(14)15)13(18)16-7-8-19-3/h4-6H,7-8H2,1-3H3,(H3,14,15)(H,16,18). The molecule has 0 saturated heterocycles. The van der Waals surface area contributed by atoms with Gasteiger partial charge < -0.3 is 15.8 Å². The number of para-hydroxylation sites is 1. The Morgan fingerprint density at radius 3 is 2.47 bits per heavy atom. The lowest BCUT2D eigenvalue weighted by molar-refractivity contribution is 0.197. The van der Waals surface area contributed by atoms with Crippen molar-refractivity contribution in [3.05, 3.63) is 29.3 Å². The topological polar surface area (TPSA) is 91.4 Å². The number of nitrogens with one attached hydrogen (secondary N) is 2. The molecule has 0 saturated carbocycles. The number of benzene rings is 1. The molecule has 19 heavy (non-hydrogen) atoms. The highest BCUT2D eigenvalue weighted by atomic mass is 16.5. The van der Waals surface area contributed by atoms with Crippen molar-refractivity contribution in [2.24, 2.45) is 5.73 Å². The molecule has 0 unspecified atom stereocenters. The number of hydrogen-bond acceptors (Lipinski definition) is 3. The van der Waals surface area contributed by atoms with Crippen LogP contribution in [0.25, 0.3) is 0 Å². The fourth-order valence-electron chi connectivity index (χ4n) is 1.83. The van der Waals surface area contributed by atoms with Crippen LogP contribution in [0.3, 0.4) is 0 Å². The number of urea groups is 1. The summed E-state index contributed by atoms with van der Waals surface area (Å²) in [6.07, 6.45) is 0. The highest BCUT2D eigenvalue weighted by Crippen LogP contribution is 2.24. The Balaban J connectivity index is 3.01. The number of ether oxygens (including phenoxy) is 1. The van der Waals surface area contributed by atoms with Gasteiger partial charge in [-0.1, -0.05) is 18.2 Å². The Morgan fingerprint density at radius 1 is 1.42 bits per heavy atom. The third kappa shape index (κ3) is 3.69. The van der Waals surface area contributed by atoms with E-state index in [0.717, 1.165) is 11.1 Å². The monoisotopic (exact) mass is 264 g/mol. The van der Waals surface area contributed by atoms with Crippen molar-refractivity contribution in [3.63, 3.8) is 0 Å². The largest absolute Gasteiger partial charge is 0.383 e. The molecule has 6 heteroatoms. The summed E-state index contributed by atoms with van der Waals surface area (Å²) in [5.41, 5.74) is 7.94. The number of guanidine groups is 1. The number of amides is 2. The molecule has 1 aromatic carbocycles. The van der Waals surface area contributed by atoms with E-state index in [4.69, 9.17) is 15.9 Å². The van der Waals surface area contributed by atoms with Gasteiger partial charge in [-0.05, 0) is 25.0 Å². The minimum atomic E-state index is -0.429. The lowest BCUT2D eigenvalue weighted by atomic mass is 10.1. The van der Waals surface area contributed by atoms with Crippen LogP contribution in [0.2, 0.25) is 0 Å². The molecular formula is C13H20N4O2. The van der Waals surface area contributed by atoms with Crippen molar-refractivity contribution in [1.82, 2.24) is 5.32 Å². The summed E-state index contributed by atoms with van der Waals surface area (Å²) in [5, 5.41) is 10.3. The van der Waals surface area contributed by atoms with Crippen LogP contribution in [0.5, 0.6) is 0 Å². The number of methoxy groups -OCH3 is 1. The highest BCUT2D eigenvalue weighted by molar-refractivity contribution is 6.14. The van der Waals surface area contributed by atoms with E-state index in [1.807, 2.05) is 32.0 Å². The molecular weight excluding hydrogens is 244 g/mol. The average Bonchev–Trinajstić information content (AvgIpc) is 2.33. The zero-order chi connectivity index (χ0) is 14.4. The Kier molecular flexibility index (Phi) is 5.32. The summed E-state index contributed by atoms with van der Waals surface area (Å²) in [6, 6.07) is 5.22. The zero-order valence-electron chi connectivity index (χ0n) is 11.5. The van der Waals surface area contributed by atoms with Crippen molar-refractivity contribution < 1.29 is 9.53 Å². The van der Waals surface area contributed by atoms with Gasteiger partial charge in [0.05, 0.1) is 12.3 Å². The number of hydrogen-bond donors (Lipinski definition) is 3. The molecule has 0 aromatic heterocycles. The molecule has 4 N–H and O–H groups in total. The van der Waals surface area contributed by atoms with Gasteiger partial charge in [0.25, 0.3) is 0 Å². The number of rotatable bonds is 4. The third-order valence-corrected chi connectivity index (χ3v) is 2.69. The van der Waals surface area contributed by atoms with Crippen LogP contribution in [-0.4, -0.2) is 32.3 Å². The third-order valence-electron chi connectivity index (χ3n) is 2.69. The second-order valence-corrected chi connectivity index (χ2v) is 4.19. The van der Waals surface area contributed by atoms with Crippen molar-refractivity contribution >= 4 is 17.7 Å². The van der Waals surface area contributed by atoms with E-state index in [-0.39, 0.29) is 5.96 Å². The first-order valence-corrected chi connectivity index (χ1v) is 5.96. The number of carbonyl (C=O) groups is 1. The van der Waals surface area contributed by atoms with E-state index < -0.39 is 6.03 Å². The zero-order valence-corrected chi connectivity index (χ0v) is 11.5. The van der Waals surface area contributed by atoms with E-state index >= 15 is 0 Å². The minimum absolute atomic E-state index is 0.313. The first-order valence-electron chi connectivity index (χ1n) is 5.96. The van der Waals surface area contributed by atoms with Crippen molar-refractivity contribution in [2.45, 2.75) is 13.8 Å². The predicted octanol–water partition coefficient (Wildman–Crippen LogP) is 1.36. The number of carbonyl (C=O) groups excluding carboxylic acids is 1. The van der Waals surface area contributed by atoms with Crippen LogP contribution in [0.4, 0.5) is 10.5 Å². The van der Waals surface area contributed by atoms with Crippen molar-refractivity contribution in [2.75, 3.05) is 25.2 Å². The van der Waals surface area contributed by atoms with Crippen LogP contribution in [0.15, 0.2) is 18.2 Å². The summed E-state index contributed by atoms with van der Waals surface area (Å²) < 4.78 is 4.87.